The van der Waals surface area contributed by atoms with Crippen molar-refractivity contribution in [3.63, 3.8) is 0 Å². The molecule has 1 fully saturated rings. The zero-order valence-electron chi connectivity index (χ0n) is 14.9. The molecule has 2 aromatic carbocycles. The Labute approximate surface area is 149 Å². The zero-order valence-corrected chi connectivity index (χ0v) is 14.9. The third kappa shape index (κ3) is 4.47. The predicted molar refractivity (Wildman–Crippen MR) is 99.0 cm³/mol. The number of nitrogens with zero attached hydrogens (tertiary/aromatic N) is 1. The van der Waals surface area contributed by atoms with Crippen LogP contribution < -0.4 is 5.32 Å². The molecule has 1 saturated heterocycles. The molecule has 0 saturated carbocycles. The maximum Gasteiger partial charge on any atom is 0.325 e. The van der Waals surface area contributed by atoms with Crippen LogP contribution in [0, 0.1) is 0 Å². The summed E-state index contributed by atoms with van der Waals surface area (Å²) in [6.07, 6.45) is 0. The van der Waals surface area contributed by atoms with Crippen LogP contribution in [0.15, 0.2) is 60.7 Å². The second-order valence-electron chi connectivity index (χ2n) is 7.17. The topological polar surface area (TPSA) is 41.6 Å². The molecule has 1 aliphatic rings. The molecule has 0 amide bonds. The lowest BCUT2D eigenvalue weighted by molar-refractivity contribution is -0.156. The van der Waals surface area contributed by atoms with Gasteiger partial charge in [-0.2, -0.15) is 0 Å². The lowest BCUT2D eigenvalue weighted by atomic mass is 9.95. The van der Waals surface area contributed by atoms with Crippen molar-refractivity contribution in [1.29, 1.82) is 0 Å². The highest BCUT2D eigenvalue weighted by Crippen LogP contribution is 2.24. The Morgan fingerprint density at radius 1 is 1.08 bits per heavy atom. The molecule has 1 heterocycles. The molecule has 1 aliphatic heterocycles. The maximum absolute atomic E-state index is 12.8. The van der Waals surface area contributed by atoms with E-state index in [1.54, 1.807) is 0 Å². The standard InChI is InChI=1S/C21H26N2O2/c1-21(2)16-22-13-19(23(21)14-17-9-5-3-6-10-17)20(24)25-15-18-11-7-4-8-12-18/h3-12,19,22H,13-16H2,1-2H3. The summed E-state index contributed by atoms with van der Waals surface area (Å²) in [7, 11) is 0. The summed E-state index contributed by atoms with van der Waals surface area (Å²) >= 11 is 0. The third-order valence-corrected chi connectivity index (χ3v) is 4.74. The molecule has 0 aliphatic carbocycles. The number of rotatable bonds is 5. The molecule has 2 aromatic rings. The number of benzene rings is 2. The molecule has 4 nitrogen and oxygen atoms in total. The molecule has 1 N–H and O–H groups in total. The van der Waals surface area contributed by atoms with Crippen LogP contribution in [0.5, 0.6) is 0 Å². The molecule has 0 spiro atoms. The third-order valence-electron chi connectivity index (χ3n) is 4.74. The first kappa shape index (κ1) is 17.6. The normalized spacial score (nSPS) is 20.2. The van der Waals surface area contributed by atoms with Gasteiger partial charge in [-0.1, -0.05) is 60.7 Å². The molecular formula is C21H26N2O2. The van der Waals surface area contributed by atoms with E-state index >= 15 is 0 Å². The molecule has 1 atom stereocenters. The van der Waals surface area contributed by atoms with Crippen LogP contribution in [0.1, 0.15) is 25.0 Å². The number of esters is 1. The number of ether oxygens (including phenoxy) is 1. The Hall–Kier alpha value is -2.17. The Morgan fingerprint density at radius 2 is 1.68 bits per heavy atom. The van der Waals surface area contributed by atoms with E-state index in [-0.39, 0.29) is 17.6 Å². The minimum atomic E-state index is -0.285. The number of hydrogen-bond acceptors (Lipinski definition) is 4. The van der Waals surface area contributed by atoms with Crippen LogP contribution in [0.25, 0.3) is 0 Å². The molecule has 1 unspecified atom stereocenters. The minimum absolute atomic E-state index is 0.121. The van der Waals surface area contributed by atoms with Crippen molar-refractivity contribution in [1.82, 2.24) is 10.2 Å². The van der Waals surface area contributed by atoms with Crippen molar-refractivity contribution >= 4 is 5.97 Å². The van der Waals surface area contributed by atoms with Gasteiger partial charge in [-0.05, 0) is 25.0 Å². The molecule has 0 aromatic heterocycles. The van der Waals surface area contributed by atoms with Crippen LogP contribution in [0.4, 0.5) is 0 Å². The van der Waals surface area contributed by atoms with Crippen LogP contribution in [0.3, 0.4) is 0 Å². The molecular weight excluding hydrogens is 312 g/mol. The van der Waals surface area contributed by atoms with E-state index in [9.17, 15) is 4.79 Å². The molecule has 3 rings (SSSR count). The Morgan fingerprint density at radius 3 is 2.32 bits per heavy atom. The van der Waals surface area contributed by atoms with Crippen LogP contribution in [-0.2, 0) is 22.7 Å². The van der Waals surface area contributed by atoms with Gasteiger partial charge in [0, 0.05) is 25.2 Å². The van der Waals surface area contributed by atoms with Gasteiger partial charge in [-0.25, -0.2) is 0 Å². The summed E-state index contributed by atoms with van der Waals surface area (Å²) in [6.45, 7) is 6.85. The summed E-state index contributed by atoms with van der Waals surface area (Å²) in [4.78, 5) is 15.0. The highest BCUT2D eigenvalue weighted by molar-refractivity contribution is 5.76. The van der Waals surface area contributed by atoms with E-state index in [0.29, 0.717) is 13.2 Å². The number of hydrogen-bond donors (Lipinski definition) is 1. The smallest absolute Gasteiger partial charge is 0.325 e. The van der Waals surface area contributed by atoms with Gasteiger partial charge in [-0.3, -0.25) is 9.69 Å². The van der Waals surface area contributed by atoms with Crippen molar-refractivity contribution in [3.8, 4) is 0 Å². The number of nitrogens with one attached hydrogen (secondary N) is 1. The second kappa shape index (κ2) is 7.81. The fraction of sp³-hybridized carbons (Fsp3) is 0.381. The largest absolute Gasteiger partial charge is 0.460 e. The summed E-state index contributed by atoms with van der Waals surface area (Å²) in [5.41, 5.74) is 2.09. The summed E-state index contributed by atoms with van der Waals surface area (Å²) in [5, 5.41) is 3.38. The molecule has 0 radical (unpaired) electrons. The molecule has 0 bridgehead atoms. The first-order valence-corrected chi connectivity index (χ1v) is 8.78. The Bertz CT molecular complexity index is 686. The number of carbonyl (C=O) groups is 1. The molecule has 25 heavy (non-hydrogen) atoms. The highest BCUT2D eigenvalue weighted by Gasteiger charge is 2.40. The average Bonchev–Trinajstić information content (AvgIpc) is 2.63. The van der Waals surface area contributed by atoms with Crippen LogP contribution >= 0.6 is 0 Å². The number of carbonyl (C=O) groups excluding carboxylic acids is 1. The van der Waals surface area contributed by atoms with Gasteiger partial charge >= 0.3 is 5.97 Å². The average molecular weight is 338 g/mol. The monoisotopic (exact) mass is 338 g/mol. The minimum Gasteiger partial charge on any atom is -0.460 e. The van der Waals surface area contributed by atoms with Gasteiger partial charge in [-0.15, -0.1) is 0 Å². The van der Waals surface area contributed by atoms with Gasteiger partial charge in [0.05, 0.1) is 0 Å². The summed E-state index contributed by atoms with van der Waals surface area (Å²) in [5.74, 6) is -0.167. The van der Waals surface area contributed by atoms with E-state index in [1.807, 2.05) is 48.5 Å². The fourth-order valence-electron chi connectivity index (χ4n) is 3.29. The SMILES string of the molecule is CC1(C)CNCC(C(=O)OCc2ccccc2)N1Cc1ccccc1. The van der Waals surface area contributed by atoms with Crippen molar-refractivity contribution in [2.24, 2.45) is 0 Å². The highest BCUT2D eigenvalue weighted by atomic mass is 16.5. The second-order valence-corrected chi connectivity index (χ2v) is 7.17. The molecule has 132 valence electrons. The van der Waals surface area contributed by atoms with E-state index in [2.05, 4.69) is 36.2 Å². The van der Waals surface area contributed by atoms with Gasteiger partial charge in [0.15, 0.2) is 0 Å². The maximum atomic E-state index is 12.8. The van der Waals surface area contributed by atoms with E-state index < -0.39 is 0 Å². The lowest BCUT2D eigenvalue weighted by Gasteiger charge is -2.47. The van der Waals surface area contributed by atoms with Gasteiger partial charge in [0.25, 0.3) is 0 Å². The van der Waals surface area contributed by atoms with Crippen LogP contribution in [-0.4, -0.2) is 35.5 Å². The van der Waals surface area contributed by atoms with Gasteiger partial charge < -0.3 is 10.1 Å². The lowest BCUT2D eigenvalue weighted by Crippen LogP contribution is -2.64. The first-order valence-electron chi connectivity index (χ1n) is 8.78. The Balaban J connectivity index is 1.71. The summed E-state index contributed by atoms with van der Waals surface area (Å²) < 4.78 is 5.61. The first-order chi connectivity index (χ1) is 12.1. The van der Waals surface area contributed by atoms with Crippen molar-refractivity contribution < 1.29 is 9.53 Å². The van der Waals surface area contributed by atoms with Crippen molar-refractivity contribution in [2.45, 2.75) is 38.6 Å². The summed E-state index contributed by atoms with van der Waals surface area (Å²) in [6, 6.07) is 19.8. The zero-order chi connectivity index (χ0) is 17.7. The van der Waals surface area contributed by atoms with Crippen LogP contribution in [0.2, 0.25) is 0 Å². The van der Waals surface area contributed by atoms with E-state index in [0.717, 1.165) is 18.7 Å². The van der Waals surface area contributed by atoms with Gasteiger partial charge in [0.2, 0.25) is 0 Å². The Kier molecular flexibility index (Phi) is 5.51. The number of piperazine rings is 1. The van der Waals surface area contributed by atoms with Crippen molar-refractivity contribution in [2.75, 3.05) is 13.1 Å². The van der Waals surface area contributed by atoms with E-state index in [4.69, 9.17) is 4.74 Å². The fourth-order valence-corrected chi connectivity index (χ4v) is 3.29. The molecule has 4 heteroatoms. The van der Waals surface area contributed by atoms with E-state index in [1.165, 1.54) is 5.56 Å². The van der Waals surface area contributed by atoms with Gasteiger partial charge in [0.1, 0.15) is 12.6 Å². The quantitative estimate of drug-likeness (QED) is 0.851. The predicted octanol–water partition coefficient (Wildman–Crippen LogP) is 2.98. The van der Waals surface area contributed by atoms with Crippen molar-refractivity contribution in [3.05, 3.63) is 71.8 Å².